The third kappa shape index (κ3) is 1.58. The van der Waals surface area contributed by atoms with E-state index in [1.807, 2.05) is 20.8 Å². The average molecular weight is 166 g/mol. The van der Waals surface area contributed by atoms with Crippen molar-refractivity contribution >= 4 is 5.78 Å². The van der Waals surface area contributed by atoms with Gasteiger partial charge in [0.1, 0.15) is 5.76 Å². The minimum atomic E-state index is 0.0984. The van der Waals surface area contributed by atoms with E-state index in [2.05, 4.69) is 0 Å². The Kier molecular flexibility index (Phi) is 2.69. The van der Waals surface area contributed by atoms with E-state index in [1.165, 1.54) is 0 Å². The van der Waals surface area contributed by atoms with Crippen molar-refractivity contribution in [3.8, 4) is 0 Å². The van der Waals surface area contributed by atoms with Crippen LogP contribution in [0, 0.1) is 12.8 Å². The van der Waals surface area contributed by atoms with Gasteiger partial charge in [-0.25, -0.2) is 0 Å². The molecule has 1 heterocycles. The number of furan rings is 1. The summed E-state index contributed by atoms with van der Waals surface area (Å²) in [6.07, 6.45) is 2.44. The van der Waals surface area contributed by atoms with Gasteiger partial charge in [0.15, 0.2) is 5.78 Å². The van der Waals surface area contributed by atoms with Gasteiger partial charge < -0.3 is 4.42 Å². The number of carbonyl (C=O) groups excluding carboxylic acids is 1. The fraction of sp³-hybridized carbons (Fsp3) is 0.500. The maximum absolute atomic E-state index is 11.6. The van der Waals surface area contributed by atoms with Crippen molar-refractivity contribution in [2.24, 2.45) is 5.92 Å². The SMILES string of the molecule is CCC(C)C(=O)c1ccoc1C. The van der Waals surface area contributed by atoms with Crippen molar-refractivity contribution in [1.29, 1.82) is 0 Å². The molecule has 12 heavy (non-hydrogen) atoms. The number of Topliss-reactive ketones (excluding diaryl/α,β-unsaturated/α-hetero) is 1. The molecular formula is C10H14O2. The molecule has 0 aliphatic carbocycles. The Morgan fingerprint density at radius 2 is 2.33 bits per heavy atom. The summed E-state index contributed by atoms with van der Waals surface area (Å²) >= 11 is 0. The predicted octanol–water partition coefficient (Wildman–Crippen LogP) is 2.82. The monoisotopic (exact) mass is 166 g/mol. The Balaban J connectivity index is 2.85. The highest BCUT2D eigenvalue weighted by molar-refractivity contribution is 5.98. The lowest BCUT2D eigenvalue weighted by atomic mass is 9.98. The lowest BCUT2D eigenvalue weighted by molar-refractivity contribution is 0.0925. The molecule has 1 aromatic rings. The van der Waals surface area contributed by atoms with Crippen LogP contribution in [-0.4, -0.2) is 5.78 Å². The molecule has 2 heteroatoms. The number of aryl methyl sites for hydroxylation is 1. The van der Waals surface area contributed by atoms with Gasteiger partial charge in [-0.2, -0.15) is 0 Å². The quantitative estimate of drug-likeness (QED) is 0.646. The van der Waals surface area contributed by atoms with Gasteiger partial charge in [-0.15, -0.1) is 0 Å². The molecule has 0 radical (unpaired) electrons. The topological polar surface area (TPSA) is 30.2 Å². The number of ketones is 1. The summed E-state index contributed by atoms with van der Waals surface area (Å²) in [6.45, 7) is 5.77. The number of hydrogen-bond donors (Lipinski definition) is 0. The fourth-order valence-corrected chi connectivity index (χ4v) is 1.09. The van der Waals surface area contributed by atoms with Crippen LogP contribution in [0.4, 0.5) is 0 Å². The minimum Gasteiger partial charge on any atom is -0.469 e. The Hall–Kier alpha value is -1.05. The first-order valence-electron chi connectivity index (χ1n) is 4.25. The summed E-state index contributed by atoms with van der Waals surface area (Å²) in [5, 5.41) is 0. The van der Waals surface area contributed by atoms with Crippen molar-refractivity contribution in [1.82, 2.24) is 0 Å². The maximum Gasteiger partial charge on any atom is 0.169 e. The molecular weight excluding hydrogens is 152 g/mol. The summed E-state index contributed by atoms with van der Waals surface area (Å²) in [6, 6.07) is 1.74. The van der Waals surface area contributed by atoms with Crippen LogP contribution in [-0.2, 0) is 0 Å². The van der Waals surface area contributed by atoms with Crippen molar-refractivity contribution in [2.45, 2.75) is 27.2 Å². The second kappa shape index (κ2) is 3.57. The van der Waals surface area contributed by atoms with Crippen LogP contribution in [0.1, 0.15) is 36.4 Å². The van der Waals surface area contributed by atoms with E-state index in [-0.39, 0.29) is 11.7 Å². The third-order valence-electron chi connectivity index (χ3n) is 2.18. The summed E-state index contributed by atoms with van der Waals surface area (Å²) in [5.41, 5.74) is 0.726. The zero-order chi connectivity index (χ0) is 9.14. The first kappa shape index (κ1) is 9.04. The molecule has 0 aromatic carbocycles. The molecule has 0 amide bonds. The highest BCUT2D eigenvalue weighted by Crippen LogP contribution is 2.16. The molecule has 1 atom stereocenters. The van der Waals surface area contributed by atoms with Crippen molar-refractivity contribution < 1.29 is 9.21 Å². The standard InChI is InChI=1S/C10H14O2/c1-4-7(2)10(11)9-5-6-12-8(9)3/h5-7H,4H2,1-3H3. The van der Waals surface area contributed by atoms with E-state index < -0.39 is 0 Å². The maximum atomic E-state index is 11.6. The molecule has 1 rings (SSSR count). The molecule has 0 bridgehead atoms. The van der Waals surface area contributed by atoms with E-state index in [0.717, 1.165) is 17.7 Å². The molecule has 1 aromatic heterocycles. The van der Waals surface area contributed by atoms with Gasteiger partial charge in [0.05, 0.1) is 11.8 Å². The Bertz CT molecular complexity index is 273. The normalized spacial score (nSPS) is 12.9. The van der Waals surface area contributed by atoms with Crippen LogP contribution >= 0.6 is 0 Å². The highest BCUT2D eigenvalue weighted by Gasteiger charge is 2.16. The molecule has 0 saturated carbocycles. The zero-order valence-electron chi connectivity index (χ0n) is 7.76. The number of carbonyl (C=O) groups is 1. The first-order valence-corrected chi connectivity index (χ1v) is 4.25. The molecule has 66 valence electrons. The minimum absolute atomic E-state index is 0.0984. The van der Waals surface area contributed by atoms with Gasteiger partial charge in [0, 0.05) is 5.92 Å². The van der Waals surface area contributed by atoms with Crippen LogP contribution in [0.2, 0.25) is 0 Å². The Morgan fingerprint density at radius 3 is 2.75 bits per heavy atom. The molecule has 0 aliphatic rings. The third-order valence-corrected chi connectivity index (χ3v) is 2.18. The van der Waals surface area contributed by atoms with Crippen LogP contribution in [0.15, 0.2) is 16.7 Å². The lowest BCUT2D eigenvalue weighted by Crippen LogP contribution is -2.10. The first-order chi connectivity index (χ1) is 5.66. The van der Waals surface area contributed by atoms with Gasteiger partial charge in [0.2, 0.25) is 0 Å². The van der Waals surface area contributed by atoms with Crippen molar-refractivity contribution in [3.05, 3.63) is 23.7 Å². The van der Waals surface area contributed by atoms with Crippen LogP contribution in [0.3, 0.4) is 0 Å². The van der Waals surface area contributed by atoms with E-state index in [0.29, 0.717) is 0 Å². The molecule has 0 N–H and O–H groups in total. The molecule has 2 nitrogen and oxygen atoms in total. The zero-order valence-corrected chi connectivity index (χ0v) is 7.76. The highest BCUT2D eigenvalue weighted by atomic mass is 16.3. The van der Waals surface area contributed by atoms with Crippen molar-refractivity contribution in [2.75, 3.05) is 0 Å². The molecule has 1 unspecified atom stereocenters. The second-order valence-corrected chi connectivity index (χ2v) is 3.06. The summed E-state index contributed by atoms with van der Waals surface area (Å²) in [5.74, 6) is 1.00. The molecule has 0 aliphatic heterocycles. The number of hydrogen-bond acceptors (Lipinski definition) is 2. The Morgan fingerprint density at radius 1 is 1.67 bits per heavy atom. The van der Waals surface area contributed by atoms with E-state index >= 15 is 0 Å². The summed E-state index contributed by atoms with van der Waals surface area (Å²) in [7, 11) is 0. The summed E-state index contributed by atoms with van der Waals surface area (Å²) < 4.78 is 5.06. The average Bonchev–Trinajstić information content (AvgIpc) is 2.48. The second-order valence-electron chi connectivity index (χ2n) is 3.06. The largest absolute Gasteiger partial charge is 0.469 e. The molecule has 0 spiro atoms. The van der Waals surface area contributed by atoms with E-state index in [1.54, 1.807) is 12.3 Å². The van der Waals surface area contributed by atoms with E-state index in [9.17, 15) is 4.79 Å². The van der Waals surface area contributed by atoms with Gasteiger partial charge in [0.25, 0.3) is 0 Å². The van der Waals surface area contributed by atoms with Crippen LogP contribution in [0.25, 0.3) is 0 Å². The van der Waals surface area contributed by atoms with Gasteiger partial charge in [-0.05, 0) is 19.4 Å². The smallest absolute Gasteiger partial charge is 0.169 e. The van der Waals surface area contributed by atoms with Crippen molar-refractivity contribution in [3.63, 3.8) is 0 Å². The number of rotatable bonds is 3. The summed E-state index contributed by atoms with van der Waals surface area (Å²) in [4.78, 5) is 11.6. The molecule has 0 fully saturated rings. The molecule has 0 saturated heterocycles. The van der Waals surface area contributed by atoms with E-state index in [4.69, 9.17) is 4.42 Å². The predicted molar refractivity (Wildman–Crippen MR) is 47.2 cm³/mol. The lowest BCUT2D eigenvalue weighted by Gasteiger charge is -2.04. The van der Waals surface area contributed by atoms with Crippen LogP contribution in [0.5, 0.6) is 0 Å². The Labute approximate surface area is 72.6 Å². The van der Waals surface area contributed by atoms with Gasteiger partial charge >= 0.3 is 0 Å². The van der Waals surface area contributed by atoms with Gasteiger partial charge in [-0.1, -0.05) is 13.8 Å². The van der Waals surface area contributed by atoms with Crippen LogP contribution < -0.4 is 0 Å². The fourth-order valence-electron chi connectivity index (χ4n) is 1.09. The van der Waals surface area contributed by atoms with Gasteiger partial charge in [-0.3, -0.25) is 4.79 Å².